The molecule has 0 bridgehead atoms. The predicted molar refractivity (Wildman–Crippen MR) is 73.6 cm³/mol. The number of hydrogen-bond acceptors (Lipinski definition) is 2. The molecule has 1 aromatic carbocycles. The molecule has 4 heteroatoms. The van der Waals surface area contributed by atoms with Gasteiger partial charge in [-0.25, -0.2) is 0 Å². The predicted octanol–water partition coefficient (Wildman–Crippen LogP) is 2.52. The average Bonchev–Trinajstić information content (AvgIpc) is 2.76. The van der Waals surface area contributed by atoms with Crippen molar-refractivity contribution in [1.29, 1.82) is 0 Å². The first-order valence-electron chi connectivity index (χ1n) is 6.37. The number of carbonyl (C=O) groups excluding carboxylic acids is 1. The monoisotopic (exact) mass is 266 g/mol. The van der Waals surface area contributed by atoms with E-state index in [0.29, 0.717) is 5.02 Å². The zero-order chi connectivity index (χ0) is 13.1. The lowest BCUT2D eigenvalue weighted by molar-refractivity contribution is -0.125. The molecule has 1 saturated heterocycles. The van der Waals surface area contributed by atoms with Crippen LogP contribution in [0.15, 0.2) is 24.3 Å². The number of benzene rings is 1. The molecule has 0 spiro atoms. The molecule has 0 saturated carbocycles. The summed E-state index contributed by atoms with van der Waals surface area (Å²) in [5.74, 6) is 0.176. The zero-order valence-corrected chi connectivity index (χ0v) is 11.5. The summed E-state index contributed by atoms with van der Waals surface area (Å²) in [5, 5.41) is 7.03. The third kappa shape index (κ3) is 2.85. The maximum Gasteiger partial charge on any atom is 0.225 e. The standard InChI is InChI=1S/C14H19ClN2O/c1-9-12(7-8-16-9)14(18)17-10(2)11-5-3-4-6-13(11)15/h3-6,9-10,12,16H,7-8H2,1-2H3,(H,17,18)/t9?,10-,12?/m1/s1. The third-order valence-electron chi connectivity index (χ3n) is 3.59. The molecule has 2 N–H and O–H groups in total. The SMILES string of the molecule is CC1NCCC1C(=O)N[C@H](C)c1ccccc1Cl. The van der Waals surface area contributed by atoms with Gasteiger partial charge in [0.2, 0.25) is 5.91 Å². The van der Waals surface area contributed by atoms with E-state index in [0.717, 1.165) is 18.5 Å². The van der Waals surface area contributed by atoms with E-state index in [4.69, 9.17) is 11.6 Å². The molecule has 3 nitrogen and oxygen atoms in total. The largest absolute Gasteiger partial charge is 0.349 e. The molecule has 18 heavy (non-hydrogen) atoms. The Labute approximate surface area is 113 Å². The van der Waals surface area contributed by atoms with Gasteiger partial charge < -0.3 is 10.6 Å². The van der Waals surface area contributed by atoms with Crippen LogP contribution in [0, 0.1) is 5.92 Å². The van der Waals surface area contributed by atoms with Crippen molar-refractivity contribution in [3.8, 4) is 0 Å². The second-order valence-corrected chi connectivity index (χ2v) is 5.30. The number of halogens is 1. The molecule has 1 fully saturated rings. The van der Waals surface area contributed by atoms with E-state index in [9.17, 15) is 4.79 Å². The quantitative estimate of drug-likeness (QED) is 0.883. The molecule has 3 atom stereocenters. The second-order valence-electron chi connectivity index (χ2n) is 4.89. The van der Waals surface area contributed by atoms with Crippen LogP contribution in [-0.2, 0) is 4.79 Å². The summed E-state index contributed by atoms with van der Waals surface area (Å²) in [6.45, 7) is 4.93. The van der Waals surface area contributed by atoms with Crippen LogP contribution in [0.2, 0.25) is 5.02 Å². The van der Waals surface area contributed by atoms with E-state index in [2.05, 4.69) is 17.6 Å². The first kappa shape index (κ1) is 13.4. The van der Waals surface area contributed by atoms with E-state index in [1.54, 1.807) is 0 Å². The van der Waals surface area contributed by atoms with Gasteiger partial charge >= 0.3 is 0 Å². The van der Waals surface area contributed by atoms with Gasteiger partial charge in [0.1, 0.15) is 0 Å². The van der Waals surface area contributed by atoms with Gasteiger partial charge in [-0.2, -0.15) is 0 Å². The molecule has 1 aliphatic rings. The van der Waals surface area contributed by atoms with Gasteiger partial charge in [-0.15, -0.1) is 0 Å². The van der Waals surface area contributed by atoms with E-state index in [1.807, 2.05) is 31.2 Å². The highest BCUT2D eigenvalue weighted by atomic mass is 35.5. The van der Waals surface area contributed by atoms with Crippen molar-refractivity contribution in [1.82, 2.24) is 10.6 Å². The Kier molecular flexibility index (Phi) is 4.25. The molecule has 0 aliphatic carbocycles. The van der Waals surface area contributed by atoms with Crippen molar-refractivity contribution in [3.63, 3.8) is 0 Å². The maximum absolute atomic E-state index is 12.2. The second kappa shape index (κ2) is 5.72. The summed E-state index contributed by atoms with van der Waals surface area (Å²) in [6.07, 6.45) is 0.905. The number of rotatable bonds is 3. The van der Waals surface area contributed by atoms with Crippen LogP contribution in [0.5, 0.6) is 0 Å². The fourth-order valence-electron chi connectivity index (χ4n) is 2.44. The molecular weight excluding hydrogens is 248 g/mol. The minimum Gasteiger partial charge on any atom is -0.349 e. The fraction of sp³-hybridized carbons (Fsp3) is 0.500. The summed E-state index contributed by atoms with van der Waals surface area (Å²) >= 11 is 6.13. The topological polar surface area (TPSA) is 41.1 Å². The number of hydrogen-bond donors (Lipinski definition) is 2. The molecule has 1 aliphatic heterocycles. The van der Waals surface area contributed by atoms with Gasteiger partial charge in [0.05, 0.1) is 12.0 Å². The zero-order valence-electron chi connectivity index (χ0n) is 10.7. The van der Waals surface area contributed by atoms with Crippen LogP contribution in [0.1, 0.15) is 31.9 Å². The van der Waals surface area contributed by atoms with Crippen molar-refractivity contribution in [3.05, 3.63) is 34.9 Å². The molecule has 1 amide bonds. The normalized spacial score (nSPS) is 24.8. The van der Waals surface area contributed by atoms with Crippen molar-refractivity contribution < 1.29 is 4.79 Å². The number of carbonyl (C=O) groups is 1. The van der Waals surface area contributed by atoms with Crippen LogP contribution in [0.3, 0.4) is 0 Å². The average molecular weight is 267 g/mol. The van der Waals surface area contributed by atoms with Gasteiger partial charge in [0, 0.05) is 11.1 Å². The Balaban J connectivity index is 2.01. The molecule has 1 heterocycles. The molecular formula is C14H19ClN2O. The van der Waals surface area contributed by atoms with Crippen molar-refractivity contribution in [2.45, 2.75) is 32.4 Å². The number of nitrogens with one attached hydrogen (secondary N) is 2. The lowest BCUT2D eigenvalue weighted by Crippen LogP contribution is -2.37. The van der Waals surface area contributed by atoms with Crippen LogP contribution >= 0.6 is 11.6 Å². The van der Waals surface area contributed by atoms with Gasteiger partial charge in [-0.1, -0.05) is 29.8 Å². The molecule has 0 aromatic heterocycles. The summed E-state index contributed by atoms with van der Waals surface area (Å²) < 4.78 is 0. The first-order chi connectivity index (χ1) is 8.59. The fourth-order valence-corrected chi connectivity index (χ4v) is 2.74. The smallest absolute Gasteiger partial charge is 0.225 e. The van der Waals surface area contributed by atoms with Crippen LogP contribution in [-0.4, -0.2) is 18.5 Å². The minimum atomic E-state index is -0.0565. The van der Waals surface area contributed by atoms with E-state index in [1.165, 1.54) is 0 Å². The highest BCUT2D eigenvalue weighted by Crippen LogP contribution is 2.23. The molecule has 2 rings (SSSR count). The Morgan fingerprint density at radius 2 is 2.22 bits per heavy atom. The van der Waals surface area contributed by atoms with Gasteiger partial charge in [-0.05, 0) is 38.4 Å². The van der Waals surface area contributed by atoms with E-state index in [-0.39, 0.29) is 23.9 Å². The summed E-state index contributed by atoms with van der Waals surface area (Å²) in [5.41, 5.74) is 0.964. The molecule has 98 valence electrons. The minimum absolute atomic E-state index is 0.0565. The molecule has 0 radical (unpaired) electrons. The number of amides is 1. The Morgan fingerprint density at radius 1 is 1.50 bits per heavy atom. The molecule has 1 aromatic rings. The molecule has 2 unspecified atom stereocenters. The van der Waals surface area contributed by atoms with Crippen LogP contribution in [0.25, 0.3) is 0 Å². The third-order valence-corrected chi connectivity index (χ3v) is 3.94. The van der Waals surface area contributed by atoms with E-state index < -0.39 is 0 Å². The summed E-state index contributed by atoms with van der Waals surface area (Å²) in [4.78, 5) is 12.2. The lowest BCUT2D eigenvalue weighted by Gasteiger charge is -2.20. The Hall–Kier alpha value is -1.06. The van der Waals surface area contributed by atoms with Crippen molar-refractivity contribution in [2.75, 3.05) is 6.54 Å². The maximum atomic E-state index is 12.2. The van der Waals surface area contributed by atoms with Gasteiger partial charge in [0.15, 0.2) is 0 Å². The van der Waals surface area contributed by atoms with Gasteiger partial charge in [0.25, 0.3) is 0 Å². The van der Waals surface area contributed by atoms with Crippen LogP contribution < -0.4 is 10.6 Å². The highest BCUT2D eigenvalue weighted by Gasteiger charge is 2.30. The Bertz CT molecular complexity index is 436. The summed E-state index contributed by atoms with van der Waals surface area (Å²) in [7, 11) is 0. The van der Waals surface area contributed by atoms with Gasteiger partial charge in [-0.3, -0.25) is 4.79 Å². The van der Waals surface area contributed by atoms with Crippen molar-refractivity contribution >= 4 is 17.5 Å². The Morgan fingerprint density at radius 3 is 2.83 bits per heavy atom. The lowest BCUT2D eigenvalue weighted by atomic mass is 10.00. The van der Waals surface area contributed by atoms with Crippen molar-refractivity contribution in [2.24, 2.45) is 5.92 Å². The summed E-state index contributed by atoms with van der Waals surface area (Å²) in [6, 6.07) is 7.82. The van der Waals surface area contributed by atoms with E-state index >= 15 is 0 Å². The first-order valence-corrected chi connectivity index (χ1v) is 6.75. The highest BCUT2D eigenvalue weighted by molar-refractivity contribution is 6.31. The van der Waals surface area contributed by atoms with Crippen LogP contribution in [0.4, 0.5) is 0 Å².